The van der Waals surface area contributed by atoms with Gasteiger partial charge in [-0.15, -0.1) is 0 Å². The fraction of sp³-hybridized carbons (Fsp3) is 0.207. The van der Waals surface area contributed by atoms with Crippen LogP contribution in [-0.2, 0) is 9.53 Å². The van der Waals surface area contributed by atoms with Crippen LogP contribution in [-0.4, -0.2) is 29.7 Å². The van der Waals surface area contributed by atoms with Gasteiger partial charge >= 0.3 is 0 Å². The van der Waals surface area contributed by atoms with Crippen LogP contribution in [0.15, 0.2) is 77.3 Å². The largest absolute Gasteiger partial charge is 0.459 e. The zero-order valence-corrected chi connectivity index (χ0v) is 22.8. The number of pyridine rings is 1. The highest BCUT2D eigenvalue weighted by Gasteiger charge is 2.42. The number of nitrogens with zero attached hydrogens (tertiary/aromatic N) is 2. The Hall–Kier alpha value is -3.72. The van der Waals surface area contributed by atoms with Gasteiger partial charge in [-0.1, -0.05) is 29.8 Å². The quantitative estimate of drug-likeness (QED) is 0.261. The summed E-state index contributed by atoms with van der Waals surface area (Å²) in [5.74, 6) is 1.23. The molecule has 3 heterocycles. The number of amides is 1. The van der Waals surface area contributed by atoms with Crippen molar-refractivity contribution in [3.05, 3.63) is 101 Å². The van der Waals surface area contributed by atoms with Gasteiger partial charge in [-0.05, 0) is 85.7 Å². The van der Waals surface area contributed by atoms with Gasteiger partial charge in [-0.3, -0.25) is 9.78 Å². The van der Waals surface area contributed by atoms with E-state index in [2.05, 4.69) is 15.6 Å². The van der Waals surface area contributed by atoms with Crippen LogP contribution in [0.3, 0.4) is 0 Å². The molecule has 194 valence electrons. The van der Waals surface area contributed by atoms with Crippen LogP contribution < -0.4 is 15.5 Å². The highest BCUT2D eigenvalue weighted by Crippen LogP contribution is 2.43. The fourth-order valence-corrected chi connectivity index (χ4v) is 5.12. The van der Waals surface area contributed by atoms with Crippen LogP contribution in [0.2, 0.25) is 5.02 Å². The number of thiocarbonyl (C=S) groups is 1. The molecule has 1 aliphatic rings. The van der Waals surface area contributed by atoms with Crippen LogP contribution >= 0.6 is 23.8 Å². The number of benzene rings is 2. The van der Waals surface area contributed by atoms with Gasteiger partial charge in [0.25, 0.3) is 0 Å². The maximum atomic E-state index is 12.0. The van der Waals surface area contributed by atoms with Gasteiger partial charge in [0, 0.05) is 35.3 Å². The maximum Gasteiger partial charge on any atom is 0.250 e. The lowest BCUT2D eigenvalue weighted by atomic mass is 10.0. The fourth-order valence-electron chi connectivity index (χ4n) is 4.59. The summed E-state index contributed by atoms with van der Waals surface area (Å²) in [7, 11) is 1.49. The highest BCUT2D eigenvalue weighted by atomic mass is 35.5. The molecule has 0 unspecified atom stereocenters. The molecule has 9 heteroatoms. The molecule has 0 spiro atoms. The topological polar surface area (TPSA) is 79.6 Å². The van der Waals surface area contributed by atoms with Crippen molar-refractivity contribution in [2.75, 3.05) is 23.9 Å². The van der Waals surface area contributed by atoms with Crippen molar-refractivity contribution in [1.82, 2.24) is 10.3 Å². The first-order valence-corrected chi connectivity index (χ1v) is 12.9. The van der Waals surface area contributed by atoms with E-state index in [4.69, 9.17) is 33.0 Å². The van der Waals surface area contributed by atoms with E-state index in [9.17, 15) is 4.79 Å². The Morgan fingerprint density at radius 1 is 1.13 bits per heavy atom. The summed E-state index contributed by atoms with van der Waals surface area (Å²) in [6.45, 7) is 3.90. The third kappa shape index (κ3) is 5.15. The molecule has 7 nitrogen and oxygen atoms in total. The summed E-state index contributed by atoms with van der Waals surface area (Å²) in [6.07, 6.45) is 1.77. The number of halogens is 1. The monoisotopic (exact) mass is 546 g/mol. The number of rotatable bonds is 7. The molecule has 0 bridgehead atoms. The predicted molar refractivity (Wildman–Crippen MR) is 154 cm³/mol. The van der Waals surface area contributed by atoms with Crippen molar-refractivity contribution >= 4 is 46.2 Å². The van der Waals surface area contributed by atoms with Crippen molar-refractivity contribution < 1.29 is 13.9 Å². The van der Waals surface area contributed by atoms with Crippen molar-refractivity contribution in [1.29, 1.82) is 0 Å². The molecule has 0 radical (unpaired) electrons. The summed E-state index contributed by atoms with van der Waals surface area (Å²) in [5.41, 5.74) is 5.22. The third-order valence-corrected chi connectivity index (χ3v) is 7.23. The van der Waals surface area contributed by atoms with Gasteiger partial charge < -0.3 is 24.7 Å². The SMILES string of the molecule is COCC(=O)Nc1ccc(N2C(=S)N[C@H](c3ccccn3)[C@H]2c2ccc(-c3ccc(C)c(Cl)c3)o2)cc1C. The number of hydrogen-bond acceptors (Lipinski definition) is 5. The number of aryl methyl sites for hydroxylation is 2. The number of nitrogens with one attached hydrogen (secondary N) is 2. The molecule has 5 rings (SSSR count). The zero-order valence-electron chi connectivity index (χ0n) is 21.2. The van der Waals surface area contributed by atoms with Gasteiger partial charge in [-0.2, -0.15) is 0 Å². The normalized spacial score (nSPS) is 16.9. The summed E-state index contributed by atoms with van der Waals surface area (Å²) < 4.78 is 11.4. The van der Waals surface area contributed by atoms with E-state index in [-0.39, 0.29) is 24.6 Å². The second-order valence-electron chi connectivity index (χ2n) is 9.14. The molecule has 0 saturated carbocycles. The number of anilines is 2. The van der Waals surface area contributed by atoms with E-state index < -0.39 is 0 Å². The maximum absolute atomic E-state index is 12.0. The number of ether oxygens (including phenoxy) is 1. The van der Waals surface area contributed by atoms with E-state index in [1.165, 1.54) is 7.11 Å². The van der Waals surface area contributed by atoms with Crippen LogP contribution in [0, 0.1) is 13.8 Å². The first kappa shape index (κ1) is 25.9. The Morgan fingerprint density at radius 2 is 1.97 bits per heavy atom. The minimum absolute atomic E-state index is 0.0117. The van der Waals surface area contributed by atoms with E-state index in [0.29, 0.717) is 21.6 Å². The van der Waals surface area contributed by atoms with Crippen LogP contribution in [0.4, 0.5) is 11.4 Å². The zero-order chi connectivity index (χ0) is 26.8. The standard InChI is InChI=1S/C29H27ClN4O3S/c1-17-7-8-19(15-21(17)30)24-11-12-25(37-24)28-27(23-6-4-5-13-31-23)33-29(38)34(28)20-9-10-22(18(2)14-20)32-26(35)16-36-3/h4-15,27-28H,16H2,1-3H3,(H,32,35)(H,33,38)/t27-,28-/m1/s1. The van der Waals surface area contributed by atoms with Crippen molar-refractivity contribution in [2.45, 2.75) is 25.9 Å². The highest BCUT2D eigenvalue weighted by molar-refractivity contribution is 7.80. The van der Waals surface area contributed by atoms with Gasteiger partial charge in [0.2, 0.25) is 5.91 Å². The van der Waals surface area contributed by atoms with Crippen molar-refractivity contribution in [2.24, 2.45) is 0 Å². The second kappa shape index (κ2) is 10.9. The molecule has 1 saturated heterocycles. The van der Waals surface area contributed by atoms with Gasteiger partial charge in [0.15, 0.2) is 5.11 Å². The van der Waals surface area contributed by atoms with Crippen molar-refractivity contribution in [3.8, 4) is 11.3 Å². The van der Waals surface area contributed by atoms with Crippen LogP contribution in [0.5, 0.6) is 0 Å². The Labute approximate surface area is 231 Å². The first-order chi connectivity index (χ1) is 18.4. The van der Waals surface area contributed by atoms with E-state index >= 15 is 0 Å². The summed E-state index contributed by atoms with van der Waals surface area (Å²) in [6, 6.07) is 20.9. The molecule has 4 aromatic rings. The van der Waals surface area contributed by atoms with E-state index in [0.717, 1.165) is 33.8 Å². The number of aromatic nitrogens is 1. The average Bonchev–Trinajstić information content (AvgIpc) is 3.52. The second-order valence-corrected chi connectivity index (χ2v) is 9.94. The summed E-state index contributed by atoms with van der Waals surface area (Å²) >= 11 is 12.2. The first-order valence-electron chi connectivity index (χ1n) is 12.1. The molecule has 2 aromatic carbocycles. The summed E-state index contributed by atoms with van der Waals surface area (Å²) in [4.78, 5) is 18.7. The average molecular weight is 547 g/mol. The lowest BCUT2D eigenvalue weighted by Crippen LogP contribution is -2.29. The van der Waals surface area contributed by atoms with E-state index in [1.807, 2.05) is 85.5 Å². The van der Waals surface area contributed by atoms with Crippen molar-refractivity contribution in [3.63, 3.8) is 0 Å². The molecule has 2 N–H and O–H groups in total. The molecule has 0 aliphatic carbocycles. The molecular weight excluding hydrogens is 520 g/mol. The van der Waals surface area contributed by atoms with E-state index in [1.54, 1.807) is 6.20 Å². The number of carbonyl (C=O) groups is 1. The molecule has 2 aromatic heterocycles. The molecule has 1 amide bonds. The Morgan fingerprint density at radius 3 is 2.68 bits per heavy atom. The van der Waals surface area contributed by atoms with Gasteiger partial charge in [0.05, 0.1) is 11.7 Å². The minimum atomic E-state index is -0.305. The van der Waals surface area contributed by atoms with Gasteiger partial charge in [0.1, 0.15) is 24.2 Å². The lowest BCUT2D eigenvalue weighted by molar-refractivity contribution is -0.119. The molecule has 1 aliphatic heterocycles. The third-order valence-electron chi connectivity index (χ3n) is 6.51. The molecule has 38 heavy (non-hydrogen) atoms. The lowest BCUT2D eigenvalue weighted by Gasteiger charge is -2.27. The summed E-state index contributed by atoms with van der Waals surface area (Å²) in [5, 5.41) is 7.56. The number of hydrogen-bond donors (Lipinski definition) is 2. The van der Waals surface area contributed by atoms with Crippen LogP contribution in [0.25, 0.3) is 11.3 Å². The number of carbonyl (C=O) groups excluding carboxylic acids is 1. The van der Waals surface area contributed by atoms with Crippen LogP contribution in [0.1, 0.15) is 34.7 Å². The Kier molecular flexibility index (Phi) is 7.46. The number of methoxy groups -OCH3 is 1. The Bertz CT molecular complexity index is 1490. The Balaban J connectivity index is 1.54. The molecule has 2 atom stereocenters. The smallest absolute Gasteiger partial charge is 0.250 e. The minimum Gasteiger partial charge on any atom is -0.459 e. The molecular formula is C29H27ClN4O3S. The van der Waals surface area contributed by atoms with Gasteiger partial charge in [-0.25, -0.2) is 0 Å². The molecule has 1 fully saturated rings. The predicted octanol–water partition coefficient (Wildman–Crippen LogP) is 6.37. The number of furan rings is 1.